The molecule has 2 aromatic carbocycles. The molecule has 3 aromatic rings. The molecule has 5 nitrogen and oxygen atoms in total. The van der Waals surface area contributed by atoms with Gasteiger partial charge < -0.3 is 9.88 Å². The maximum atomic E-state index is 13.2. The maximum Gasteiger partial charge on any atom is 0.234 e. The van der Waals surface area contributed by atoms with Crippen molar-refractivity contribution in [2.24, 2.45) is 7.05 Å². The van der Waals surface area contributed by atoms with Gasteiger partial charge in [0.15, 0.2) is 11.0 Å². The maximum absolute atomic E-state index is 13.2. The number of benzene rings is 2. The van der Waals surface area contributed by atoms with Crippen molar-refractivity contribution in [3.63, 3.8) is 0 Å². The van der Waals surface area contributed by atoms with Crippen LogP contribution in [0.15, 0.2) is 47.6 Å². The van der Waals surface area contributed by atoms with Crippen molar-refractivity contribution in [1.29, 1.82) is 0 Å². The van der Waals surface area contributed by atoms with Crippen LogP contribution in [0.3, 0.4) is 0 Å². The van der Waals surface area contributed by atoms with Crippen molar-refractivity contribution < 1.29 is 9.18 Å². The Bertz CT molecular complexity index is 960. The fraction of sp³-hybridized carbons (Fsp3) is 0.167. The first-order valence-electron chi connectivity index (χ1n) is 7.79. The third-order valence-corrected chi connectivity index (χ3v) is 5.07. The van der Waals surface area contributed by atoms with E-state index in [2.05, 4.69) is 15.5 Å². The smallest absolute Gasteiger partial charge is 0.234 e. The minimum Gasteiger partial charge on any atom is -0.325 e. The zero-order chi connectivity index (χ0) is 18.7. The normalized spacial score (nSPS) is 10.8. The minimum absolute atomic E-state index is 0.0355. The van der Waals surface area contributed by atoms with Crippen molar-refractivity contribution in [1.82, 2.24) is 14.8 Å². The number of thioether (sulfide) groups is 1. The first-order chi connectivity index (χ1) is 12.5. The van der Waals surface area contributed by atoms with Gasteiger partial charge in [-0.1, -0.05) is 47.6 Å². The van der Waals surface area contributed by atoms with Crippen molar-refractivity contribution in [2.45, 2.75) is 12.1 Å². The van der Waals surface area contributed by atoms with Gasteiger partial charge in [-0.05, 0) is 30.7 Å². The standard InChI is InChI=1S/C18H16ClFN4OS/c1-11-5-3-4-6-13(11)17-22-23-18(24(17)2)26-10-16(25)21-12-7-8-15(20)14(19)9-12/h3-9H,10H2,1-2H3,(H,21,25). The van der Waals surface area contributed by atoms with Gasteiger partial charge in [0.25, 0.3) is 0 Å². The van der Waals surface area contributed by atoms with Crippen LogP contribution in [0.25, 0.3) is 11.4 Å². The van der Waals surface area contributed by atoms with Gasteiger partial charge in [-0.25, -0.2) is 4.39 Å². The predicted octanol–water partition coefficient (Wildman–Crippen LogP) is 4.31. The first-order valence-corrected chi connectivity index (χ1v) is 9.15. The van der Waals surface area contributed by atoms with Crippen LogP contribution in [-0.4, -0.2) is 26.4 Å². The van der Waals surface area contributed by atoms with E-state index >= 15 is 0 Å². The summed E-state index contributed by atoms with van der Waals surface area (Å²) in [7, 11) is 1.86. The highest BCUT2D eigenvalue weighted by atomic mass is 35.5. The van der Waals surface area contributed by atoms with Crippen LogP contribution in [0.4, 0.5) is 10.1 Å². The zero-order valence-electron chi connectivity index (χ0n) is 14.2. The third-order valence-electron chi connectivity index (χ3n) is 3.76. The third kappa shape index (κ3) is 4.05. The van der Waals surface area contributed by atoms with Crippen LogP contribution in [0.2, 0.25) is 5.02 Å². The van der Waals surface area contributed by atoms with Gasteiger partial charge >= 0.3 is 0 Å². The molecule has 1 aromatic heterocycles. The minimum atomic E-state index is -0.526. The van der Waals surface area contributed by atoms with E-state index in [0.29, 0.717) is 10.8 Å². The van der Waals surface area contributed by atoms with Crippen LogP contribution < -0.4 is 5.32 Å². The van der Waals surface area contributed by atoms with Gasteiger partial charge in [-0.15, -0.1) is 10.2 Å². The fourth-order valence-corrected chi connectivity index (χ4v) is 3.29. The van der Waals surface area contributed by atoms with Crippen molar-refractivity contribution in [3.8, 4) is 11.4 Å². The summed E-state index contributed by atoms with van der Waals surface area (Å²) in [5.74, 6) is 0.130. The molecule has 0 radical (unpaired) electrons. The number of nitrogens with zero attached hydrogens (tertiary/aromatic N) is 3. The average Bonchev–Trinajstić information content (AvgIpc) is 2.97. The first kappa shape index (κ1) is 18.4. The van der Waals surface area contributed by atoms with Gasteiger partial charge in [-0.3, -0.25) is 4.79 Å². The molecular weight excluding hydrogens is 375 g/mol. The molecule has 0 spiro atoms. The number of carbonyl (C=O) groups is 1. The predicted molar refractivity (Wildman–Crippen MR) is 102 cm³/mol. The Balaban J connectivity index is 1.66. The molecule has 1 amide bonds. The summed E-state index contributed by atoms with van der Waals surface area (Å²) in [5, 5.41) is 11.7. The lowest BCUT2D eigenvalue weighted by atomic mass is 10.1. The van der Waals surface area contributed by atoms with Crippen molar-refractivity contribution in [3.05, 3.63) is 58.9 Å². The van der Waals surface area contributed by atoms with Gasteiger partial charge in [0.2, 0.25) is 5.91 Å². The number of nitrogens with one attached hydrogen (secondary N) is 1. The average molecular weight is 391 g/mol. The summed E-state index contributed by atoms with van der Waals surface area (Å²) in [4.78, 5) is 12.1. The summed E-state index contributed by atoms with van der Waals surface area (Å²) >= 11 is 6.98. The molecule has 0 unspecified atom stereocenters. The molecule has 3 rings (SSSR count). The van der Waals surface area contributed by atoms with Crippen molar-refractivity contribution in [2.75, 3.05) is 11.1 Å². The molecule has 0 aliphatic carbocycles. The largest absolute Gasteiger partial charge is 0.325 e. The monoisotopic (exact) mass is 390 g/mol. The second-order valence-electron chi connectivity index (χ2n) is 5.65. The number of aryl methyl sites for hydroxylation is 1. The lowest BCUT2D eigenvalue weighted by molar-refractivity contribution is -0.113. The van der Waals surface area contributed by atoms with E-state index in [0.717, 1.165) is 17.0 Å². The molecule has 0 aliphatic rings. The molecule has 8 heteroatoms. The van der Waals surface area contributed by atoms with Gasteiger partial charge in [0.1, 0.15) is 5.82 Å². The Morgan fingerprint density at radius 1 is 1.27 bits per heavy atom. The molecule has 1 N–H and O–H groups in total. The second-order valence-corrected chi connectivity index (χ2v) is 7.00. The quantitative estimate of drug-likeness (QED) is 0.659. The molecule has 0 bridgehead atoms. The van der Waals surface area contributed by atoms with Crippen molar-refractivity contribution >= 4 is 35.0 Å². The number of aromatic nitrogens is 3. The topological polar surface area (TPSA) is 59.8 Å². The van der Waals surface area contributed by atoms with E-state index in [-0.39, 0.29) is 16.7 Å². The Morgan fingerprint density at radius 2 is 2.04 bits per heavy atom. The number of anilines is 1. The number of halogens is 2. The zero-order valence-corrected chi connectivity index (χ0v) is 15.7. The number of rotatable bonds is 5. The molecule has 0 aliphatic heterocycles. The van der Waals surface area contributed by atoms with Crippen LogP contribution in [0.5, 0.6) is 0 Å². The molecule has 0 saturated carbocycles. The highest BCUT2D eigenvalue weighted by Gasteiger charge is 2.14. The molecule has 0 saturated heterocycles. The Labute approximate surface area is 159 Å². The number of hydrogen-bond donors (Lipinski definition) is 1. The number of carbonyl (C=O) groups excluding carboxylic acids is 1. The van der Waals surface area contributed by atoms with Crippen LogP contribution in [-0.2, 0) is 11.8 Å². The summed E-state index contributed by atoms with van der Waals surface area (Å²) in [6.07, 6.45) is 0. The number of amides is 1. The Hall–Kier alpha value is -2.38. The van der Waals surface area contributed by atoms with Gasteiger partial charge in [0, 0.05) is 18.3 Å². The Morgan fingerprint density at radius 3 is 2.77 bits per heavy atom. The lowest BCUT2D eigenvalue weighted by Crippen LogP contribution is -2.14. The molecule has 26 heavy (non-hydrogen) atoms. The molecule has 0 atom stereocenters. The fourth-order valence-electron chi connectivity index (χ4n) is 2.40. The van der Waals surface area contributed by atoms with E-state index in [9.17, 15) is 9.18 Å². The van der Waals surface area contributed by atoms with E-state index in [1.807, 2.05) is 42.8 Å². The SMILES string of the molecule is Cc1ccccc1-c1nnc(SCC(=O)Nc2ccc(F)c(Cl)c2)n1C. The number of hydrogen-bond acceptors (Lipinski definition) is 4. The van der Waals surface area contributed by atoms with E-state index in [4.69, 9.17) is 11.6 Å². The van der Waals surface area contributed by atoms with Crippen LogP contribution >= 0.6 is 23.4 Å². The lowest BCUT2D eigenvalue weighted by Gasteiger charge is -2.07. The van der Waals surface area contributed by atoms with Gasteiger partial charge in [-0.2, -0.15) is 0 Å². The van der Waals surface area contributed by atoms with E-state index in [1.54, 1.807) is 0 Å². The van der Waals surface area contributed by atoms with Crippen LogP contribution in [0, 0.1) is 12.7 Å². The highest BCUT2D eigenvalue weighted by molar-refractivity contribution is 7.99. The highest BCUT2D eigenvalue weighted by Crippen LogP contribution is 2.25. The summed E-state index contributed by atoms with van der Waals surface area (Å²) in [6, 6.07) is 12.0. The van der Waals surface area contributed by atoms with Gasteiger partial charge in [0.05, 0.1) is 10.8 Å². The summed E-state index contributed by atoms with van der Waals surface area (Å²) in [5.41, 5.74) is 2.55. The molecule has 0 fully saturated rings. The molecule has 134 valence electrons. The van der Waals surface area contributed by atoms with E-state index < -0.39 is 5.82 Å². The second kappa shape index (κ2) is 7.88. The molecule has 1 heterocycles. The van der Waals surface area contributed by atoms with E-state index in [1.165, 1.54) is 30.0 Å². The van der Waals surface area contributed by atoms with Crippen LogP contribution in [0.1, 0.15) is 5.56 Å². The summed E-state index contributed by atoms with van der Waals surface area (Å²) in [6.45, 7) is 2.01. The molecular formula is C18H16ClFN4OS. The Kier molecular flexibility index (Phi) is 5.58. The summed E-state index contributed by atoms with van der Waals surface area (Å²) < 4.78 is 15.0.